The van der Waals surface area contributed by atoms with Crippen LogP contribution in [-0.4, -0.2) is 54.0 Å². The molecule has 1 heterocycles. The summed E-state index contributed by atoms with van der Waals surface area (Å²) in [7, 11) is 0. The van der Waals surface area contributed by atoms with Crippen LogP contribution in [0.15, 0.2) is 96.1 Å². The molecule has 0 bridgehead atoms. The Balaban J connectivity index is 1.39. The predicted molar refractivity (Wildman–Crippen MR) is 155 cm³/mol. The van der Waals surface area contributed by atoms with Gasteiger partial charge in [0.05, 0.1) is 0 Å². The van der Waals surface area contributed by atoms with Crippen molar-refractivity contribution < 1.29 is 19.1 Å². The van der Waals surface area contributed by atoms with E-state index >= 15 is 0 Å². The first-order valence-electron chi connectivity index (χ1n) is 13.7. The van der Waals surface area contributed by atoms with Crippen LogP contribution in [0.4, 0.5) is 4.79 Å². The molecule has 10 nitrogen and oxygen atoms in total. The summed E-state index contributed by atoms with van der Waals surface area (Å²) < 4.78 is 5.36. The van der Waals surface area contributed by atoms with E-state index in [0.717, 1.165) is 16.7 Å². The van der Waals surface area contributed by atoms with Gasteiger partial charge in [-0.25, -0.2) is 4.79 Å². The Morgan fingerprint density at radius 3 is 2.17 bits per heavy atom. The summed E-state index contributed by atoms with van der Waals surface area (Å²) >= 11 is 0. The number of aryl methyl sites for hydroxylation is 1. The molecule has 3 aromatic rings. The molecule has 2 N–H and O–H groups in total. The van der Waals surface area contributed by atoms with E-state index in [0.29, 0.717) is 25.8 Å². The van der Waals surface area contributed by atoms with Crippen molar-refractivity contribution in [1.29, 1.82) is 0 Å². The molecular formula is C31H34N6O4. The SMILES string of the molecule is [N-]=[N+]=NC[C@@H]1C[C@H](NC(=O)[C@H](Cc2ccccc2)NC(=O)OCc2ccccc2)CN1C(=O)CCc1ccccc1. The van der Waals surface area contributed by atoms with Gasteiger partial charge in [-0.15, -0.1) is 0 Å². The number of amides is 3. The van der Waals surface area contributed by atoms with Crippen molar-refractivity contribution in [3.05, 3.63) is 118 Å². The maximum atomic E-state index is 13.5. The lowest BCUT2D eigenvalue weighted by Crippen LogP contribution is -2.51. The Kier molecular flexibility index (Phi) is 10.7. The summed E-state index contributed by atoms with van der Waals surface area (Å²) in [6, 6.07) is 26.8. The molecule has 1 aliphatic heterocycles. The number of nitrogens with zero attached hydrogens (tertiary/aromatic N) is 4. The summed E-state index contributed by atoms with van der Waals surface area (Å²) in [6.07, 6.45) is 0.911. The second kappa shape index (κ2) is 15.1. The third-order valence-corrected chi connectivity index (χ3v) is 7.01. The van der Waals surface area contributed by atoms with E-state index in [1.165, 1.54) is 0 Å². The van der Waals surface area contributed by atoms with Gasteiger partial charge in [-0.3, -0.25) is 9.59 Å². The molecule has 0 spiro atoms. The van der Waals surface area contributed by atoms with Crippen molar-refractivity contribution in [1.82, 2.24) is 15.5 Å². The van der Waals surface area contributed by atoms with Crippen LogP contribution in [0.5, 0.6) is 0 Å². The fourth-order valence-corrected chi connectivity index (χ4v) is 4.94. The zero-order valence-corrected chi connectivity index (χ0v) is 22.8. The molecule has 0 radical (unpaired) electrons. The standard InChI is InChI=1S/C31H34N6O4/c32-36-33-20-27-19-26(21-37(27)29(38)17-16-23-10-4-1-5-11-23)34-30(39)28(18-24-12-6-2-7-13-24)35-31(40)41-22-25-14-8-3-9-15-25/h1-15,26-28H,16-22H2,(H,34,39)(H,35,40)/t26-,27-,28-/m0/s1. The van der Waals surface area contributed by atoms with Gasteiger partial charge in [-0.1, -0.05) is 96.1 Å². The number of alkyl carbamates (subject to hydrolysis) is 1. The lowest BCUT2D eigenvalue weighted by Gasteiger charge is -2.23. The van der Waals surface area contributed by atoms with E-state index in [1.54, 1.807) is 4.90 Å². The van der Waals surface area contributed by atoms with E-state index in [9.17, 15) is 14.4 Å². The Morgan fingerprint density at radius 1 is 0.927 bits per heavy atom. The van der Waals surface area contributed by atoms with Gasteiger partial charge < -0.3 is 20.3 Å². The zero-order valence-electron chi connectivity index (χ0n) is 22.8. The van der Waals surface area contributed by atoms with E-state index in [-0.39, 0.29) is 43.5 Å². The molecule has 3 amide bonds. The van der Waals surface area contributed by atoms with Gasteiger partial charge in [-0.05, 0) is 35.1 Å². The summed E-state index contributed by atoms with van der Waals surface area (Å²) in [5, 5.41) is 9.41. The van der Waals surface area contributed by atoms with E-state index in [2.05, 4.69) is 20.7 Å². The lowest BCUT2D eigenvalue weighted by molar-refractivity contribution is -0.132. The molecule has 4 rings (SSSR count). The van der Waals surface area contributed by atoms with Crippen LogP contribution in [0.3, 0.4) is 0 Å². The largest absolute Gasteiger partial charge is 0.445 e. The molecule has 0 aromatic heterocycles. The van der Waals surface area contributed by atoms with E-state index in [4.69, 9.17) is 10.3 Å². The summed E-state index contributed by atoms with van der Waals surface area (Å²) in [5.74, 6) is -0.441. The Morgan fingerprint density at radius 2 is 1.54 bits per heavy atom. The van der Waals surface area contributed by atoms with Gasteiger partial charge in [0.25, 0.3) is 0 Å². The van der Waals surface area contributed by atoms with Crippen molar-refractivity contribution in [2.45, 2.75) is 50.4 Å². The summed E-state index contributed by atoms with van der Waals surface area (Å²) in [4.78, 5) is 43.8. The maximum Gasteiger partial charge on any atom is 0.408 e. The molecule has 41 heavy (non-hydrogen) atoms. The number of carbonyl (C=O) groups excluding carboxylic acids is 3. The molecule has 3 atom stereocenters. The van der Waals surface area contributed by atoms with Crippen LogP contribution in [0.2, 0.25) is 0 Å². The van der Waals surface area contributed by atoms with Crippen molar-refractivity contribution in [3.63, 3.8) is 0 Å². The van der Waals surface area contributed by atoms with Crippen molar-refractivity contribution in [3.8, 4) is 0 Å². The molecular weight excluding hydrogens is 520 g/mol. The first kappa shape index (κ1) is 29.2. The minimum Gasteiger partial charge on any atom is -0.445 e. The summed E-state index contributed by atoms with van der Waals surface area (Å²) in [5.41, 5.74) is 11.6. The Hall–Kier alpha value is -4.82. The van der Waals surface area contributed by atoms with Crippen molar-refractivity contribution >= 4 is 17.9 Å². The number of hydrogen-bond donors (Lipinski definition) is 2. The first-order valence-corrected chi connectivity index (χ1v) is 13.7. The minimum atomic E-state index is -0.890. The second-order valence-corrected chi connectivity index (χ2v) is 9.99. The van der Waals surface area contributed by atoms with Gasteiger partial charge in [0, 0.05) is 42.9 Å². The minimum absolute atomic E-state index is 0.0628. The number of nitrogens with one attached hydrogen (secondary N) is 2. The highest BCUT2D eigenvalue weighted by molar-refractivity contribution is 5.86. The molecule has 0 unspecified atom stereocenters. The third kappa shape index (κ3) is 9.12. The van der Waals surface area contributed by atoms with Gasteiger partial charge in [0.15, 0.2) is 0 Å². The van der Waals surface area contributed by atoms with Crippen LogP contribution in [0, 0.1) is 0 Å². The average Bonchev–Trinajstić information content (AvgIpc) is 3.41. The molecule has 3 aromatic carbocycles. The molecule has 0 saturated carbocycles. The Labute approximate surface area is 239 Å². The van der Waals surface area contributed by atoms with Crippen LogP contribution in [0.25, 0.3) is 10.4 Å². The molecule has 1 fully saturated rings. The third-order valence-electron chi connectivity index (χ3n) is 7.01. The van der Waals surface area contributed by atoms with Crippen molar-refractivity contribution in [2.24, 2.45) is 5.11 Å². The molecule has 212 valence electrons. The highest BCUT2D eigenvalue weighted by Crippen LogP contribution is 2.21. The van der Waals surface area contributed by atoms with Crippen LogP contribution < -0.4 is 10.6 Å². The molecule has 10 heteroatoms. The fraction of sp³-hybridized carbons (Fsp3) is 0.323. The first-order chi connectivity index (χ1) is 20.0. The van der Waals surface area contributed by atoms with Crippen LogP contribution in [-0.2, 0) is 33.8 Å². The average molecular weight is 555 g/mol. The number of rotatable bonds is 12. The highest BCUT2D eigenvalue weighted by atomic mass is 16.5. The number of ether oxygens (including phenoxy) is 1. The molecule has 1 aliphatic rings. The fourth-order valence-electron chi connectivity index (χ4n) is 4.94. The topological polar surface area (TPSA) is 136 Å². The number of carbonyl (C=O) groups is 3. The van der Waals surface area contributed by atoms with Crippen molar-refractivity contribution in [2.75, 3.05) is 13.1 Å². The Bertz CT molecular complexity index is 1330. The number of benzene rings is 3. The lowest BCUT2D eigenvalue weighted by atomic mass is 10.0. The van der Waals surface area contributed by atoms with Gasteiger partial charge in [-0.2, -0.15) is 0 Å². The van der Waals surface area contributed by atoms with Crippen LogP contribution >= 0.6 is 0 Å². The number of azide groups is 1. The monoisotopic (exact) mass is 554 g/mol. The number of likely N-dealkylation sites (tertiary alicyclic amines) is 1. The van der Waals surface area contributed by atoms with Crippen LogP contribution in [0.1, 0.15) is 29.5 Å². The van der Waals surface area contributed by atoms with Gasteiger partial charge >= 0.3 is 6.09 Å². The van der Waals surface area contributed by atoms with Gasteiger partial charge in [0.1, 0.15) is 12.6 Å². The smallest absolute Gasteiger partial charge is 0.408 e. The highest BCUT2D eigenvalue weighted by Gasteiger charge is 2.36. The van der Waals surface area contributed by atoms with E-state index in [1.807, 2.05) is 91.0 Å². The molecule has 0 aliphatic carbocycles. The zero-order chi connectivity index (χ0) is 28.9. The quantitative estimate of drug-likeness (QED) is 0.193. The van der Waals surface area contributed by atoms with Gasteiger partial charge in [0.2, 0.25) is 11.8 Å². The predicted octanol–water partition coefficient (Wildman–Crippen LogP) is 4.55. The molecule has 1 saturated heterocycles. The number of hydrogen-bond acceptors (Lipinski definition) is 5. The summed E-state index contributed by atoms with van der Waals surface area (Å²) in [6.45, 7) is 0.495. The maximum absolute atomic E-state index is 13.5. The van der Waals surface area contributed by atoms with E-state index < -0.39 is 12.1 Å². The second-order valence-electron chi connectivity index (χ2n) is 9.99. The normalized spacial score (nSPS) is 16.7.